The third kappa shape index (κ3) is 4.43. The fraction of sp³-hybridized carbons (Fsp3) is 0.542. The molecule has 2 fully saturated rings. The molecule has 0 spiro atoms. The Hall–Kier alpha value is -2.52. The molecule has 1 aromatic heterocycles. The van der Waals surface area contributed by atoms with Crippen LogP contribution in [0.4, 0.5) is 14.7 Å². The number of benzene rings is 1. The number of carbonyl (C=O) groups excluding carboxylic acids is 1. The molecule has 1 amide bonds. The van der Waals surface area contributed by atoms with Gasteiger partial charge in [-0.2, -0.15) is 8.78 Å². The van der Waals surface area contributed by atoms with E-state index in [0.717, 1.165) is 32.5 Å². The number of amides is 1. The Morgan fingerprint density at radius 3 is 2.85 bits per heavy atom. The summed E-state index contributed by atoms with van der Waals surface area (Å²) >= 11 is 6.48. The van der Waals surface area contributed by atoms with Crippen molar-refractivity contribution < 1.29 is 18.3 Å². The lowest BCUT2D eigenvalue weighted by Gasteiger charge is -2.39. The van der Waals surface area contributed by atoms with Gasteiger partial charge in [0.15, 0.2) is 6.61 Å². The van der Waals surface area contributed by atoms with Gasteiger partial charge >= 0.3 is 0 Å². The second-order valence-corrected chi connectivity index (χ2v) is 9.56. The van der Waals surface area contributed by atoms with Crippen molar-refractivity contribution in [2.75, 3.05) is 44.2 Å². The van der Waals surface area contributed by atoms with Crippen LogP contribution in [-0.4, -0.2) is 66.1 Å². The van der Waals surface area contributed by atoms with Gasteiger partial charge < -0.3 is 19.9 Å². The Kier molecular flexibility index (Phi) is 6.33. The minimum absolute atomic E-state index is 0.0898. The van der Waals surface area contributed by atoms with Crippen LogP contribution in [-0.2, 0) is 17.1 Å². The van der Waals surface area contributed by atoms with E-state index < -0.39 is 5.92 Å². The molecule has 182 valence electrons. The number of ether oxygens (including phenoxy) is 1. The highest BCUT2D eigenvalue weighted by Crippen LogP contribution is 2.45. The molecule has 2 saturated heterocycles. The summed E-state index contributed by atoms with van der Waals surface area (Å²) in [6, 6.07) is 5.31. The van der Waals surface area contributed by atoms with Crippen LogP contribution in [0.3, 0.4) is 0 Å². The number of anilines is 1. The lowest BCUT2D eigenvalue weighted by Crippen LogP contribution is -2.47. The van der Waals surface area contributed by atoms with Gasteiger partial charge in [0, 0.05) is 49.8 Å². The molecular weight excluding hydrogens is 464 g/mol. The summed E-state index contributed by atoms with van der Waals surface area (Å²) in [5, 5.41) is 3.57. The molecule has 0 unspecified atom stereocenters. The number of carbonyl (C=O) groups is 1. The minimum atomic E-state index is -2.97. The summed E-state index contributed by atoms with van der Waals surface area (Å²) in [5.41, 5.74) is 1.41. The fourth-order valence-electron chi connectivity index (χ4n) is 4.68. The minimum Gasteiger partial charge on any atom is -0.482 e. The zero-order valence-electron chi connectivity index (χ0n) is 19.1. The Morgan fingerprint density at radius 2 is 2.12 bits per heavy atom. The highest BCUT2D eigenvalue weighted by Gasteiger charge is 2.44. The molecule has 3 heterocycles. The second-order valence-electron chi connectivity index (χ2n) is 9.15. The van der Waals surface area contributed by atoms with Crippen LogP contribution in [0.2, 0.25) is 5.02 Å². The van der Waals surface area contributed by atoms with Crippen LogP contribution in [0.1, 0.15) is 37.4 Å². The van der Waals surface area contributed by atoms with Crippen LogP contribution >= 0.6 is 11.6 Å². The van der Waals surface area contributed by atoms with Gasteiger partial charge in [-0.1, -0.05) is 11.6 Å². The van der Waals surface area contributed by atoms with E-state index in [1.807, 2.05) is 11.8 Å². The average Bonchev–Trinajstić information content (AvgIpc) is 2.98. The Balaban J connectivity index is 1.38. The van der Waals surface area contributed by atoms with Crippen molar-refractivity contribution in [3.8, 4) is 17.0 Å². The molecule has 0 bridgehead atoms. The Morgan fingerprint density at radius 1 is 1.26 bits per heavy atom. The molecule has 3 aliphatic rings. The fourth-order valence-corrected chi connectivity index (χ4v) is 4.92. The number of hydrogen-bond donors (Lipinski definition) is 1. The molecule has 1 N–H and O–H groups in total. The van der Waals surface area contributed by atoms with E-state index in [1.54, 1.807) is 23.1 Å². The van der Waals surface area contributed by atoms with E-state index >= 15 is 0 Å². The summed E-state index contributed by atoms with van der Waals surface area (Å²) in [6.07, 6.45) is 1.83. The molecule has 0 radical (unpaired) electrons. The van der Waals surface area contributed by atoms with E-state index in [1.165, 1.54) is 0 Å². The number of alkyl halides is 2. The number of fused-ring (bicyclic) bond motifs is 1. The van der Waals surface area contributed by atoms with E-state index in [0.29, 0.717) is 46.6 Å². The van der Waals surface area contributed by atoms with Gasteiger partial charge in [0.2, 0.25) is 5.95 Å². The zero-order chi connectivity index (χ0) is 23.9. The molecule has 2 aliphatic heterocycles. The monoisotopic (exact) mass is 491 g/mol. The topological polar surface area (TPSA) is 70.6 Å². The SMILES string of the molecule is C[C@H]1CCN1c1nc(-c2ccc(OCC(=O)N3CCCNCC3)c(Cl)c2)c2c(n1)C(F)(F)CC2. The van der Waals surface area contributed by atoms with Crippen molar-refractivity contribution in [1.29, 1.82) is 0 Å². The number of nitrogens with zero attached hydrogens (tertiary/aromatic N) is 4. The lowest BCUT2D eigenvalue weighted by molar-refractivity contribution is -0.133. The van der Waals surface area contributed by atoms with Crippen molar-refractivity contribution in [2.24, 2.45) is 0 Å². The lowest BCUT2D eigenvalue weighted by atomic mass is 10.0. The zero-order valence-corrected chi connectivity index (χ0v) is 19.9. The number of aromatic nitrogens is 2. The van der Waals surface area contributed by atoms with Crippen LogP contribution in [0.5, 0.6) is 5.75 Å². The van der Waals surface area contributed by atoms with Gasteiger partial charge in [-0.3, -0.25) is 4.79 Å². The number of rotatable bonds is 5. The normalized spacial score (nSPS) is 21.6. The molecule has 1 aromatic carbocycles. The largest absolute Gasteiger partial charge is 0.482 e. The van der Waals surface area contributed by atoms with Gasteiger partial charge in [-0.15, -0.1) is 0 Å². The average molecular weight is 492 g/mol. The first kappa shape index (κ1) is 23.2. The maximum Gasteiger partial charge on any atom is 0.290 e. The van der Waals surface area contributed by atoms with Gasteiger partial charge in [-0.05, 0) is 50.9 Å². The molecule has 34 heavy (non-hydrogen) atoms. The summed E-state index contributed by atoms with van der Waals surface area (Å²) in [4.78, 5) is 25.2. The van der Waals surface area contributed by atoms with E-state index in [9.17, 15) is 13.6 Å². The number of hydrogen-bond acceptors (Lipinski definition) is 6. The summed E-state index contributed by atoms with van der Waals surface area (Å²) < 4.78 is 34.9. The van der Waals surface area contributed by atoms with Crippen molar-refractivity contribution in [3.05, 3.63) is 34.5 Å². The van der Waals surface area contributed by atoms with E-state index in [2.05, 4.69) is 15.3 Å². The van der Waals surface area contributed by atoms with Crippen molar-refractivity contribution in [3.63, 3.8) is 0 Å². The molecule has 1 aliphatic carbocycles. The predicted octanol–water partition coefficient (Wildman–Crippen LogP) is 3.63. The van der Waals surface area contributed by atoms with Gasteiger partial charge in [-0.25, -0.2) is 9.97 Å². The molecular formula is C24H28ClF2N5O2. The molecule has 0 saturated carbocycles. The third-order valence-corrected chi connectivity index (χ3v) is 7.15. The molecule has 5 rings (SSSR count). The molecule has 7 nitrogen and oxygen atoms in total. The van der Waals surface area contributed by atoms with Crippen molar-refractivity contribution >= 4 is 23.5 Å². The van der Waals surface area contributed by atoms with Gasteiger partial charge in [0.1, 0.15) is 11.4 Å². The Labute approximate surface area is 202 Å². The smallest absolute Gasteiger partial charge is 0.290 e. The third-order valence-electron chi connectivity index (χ3n) is 6.86. The molecule has 1 atom stereocenters. The summed E-state index contributed by atoms with van der Waals surface area (Å²) in [7, 11) is 0. The molecule has 10 heteroatoms. The highest BCUT2D eigenvalue weighted by atomic mass is 35.5. The maximum atomic E-state index is 14.6. The maximum absolute atomic E-state index is 14.6. The van der Waals surface area contributed by atoms with E-state index in [-0.39, 0.29) is 37.1 Å². The molecule has 2 aromatic rings. The predicted molar refractivity (Wildman–Crippen MR) is 126 cm³/mol. The van der Waals surface area contributed by atoms with E-state index in [4.69, 9.17) is 16.3 Å². The van der Waals surface area contributed by atoms with Crippen LogP contribution in [0, 0.1) is 0 Å². The number of nitrogens with one attached hydrogen (secondary N) is 1. The highest BCUT2D eigenvalue weighted by molar-refractivity contribution is 6.32. The standard InChI is InChI=1S/C24H28ClF2N5O2/c1-15-6-11-32(15)23-29-21(17-5-7-24(26,27)22(17)30-23)16-3-4-19(18(25)13-16)34-14-20(33)31-10-2-8-28-9-12-31/h3-4,13,15,28H,2,5-12,14H2,1H3/t15-/m0/s1. The Bertz CT molecular complexity index is 1090. The summed E-state index contributed by atoms with van der Waals surface area (Å²) in [6.45, 7) is 5.69. The van der Waals surface area contributed by atoms with Crippen molar-refractivity contribution in [1.82, 2.24) is 20.2 Å². The number of halogens is 3. The quantitative estimate of drug-likeness (QED) is 0.688. The van der Waals surface area contributed by atoms with Crippen LogP contribution in [0.15, 0.2) is 18.2 Å². The van der Waals surface area contributed by atoms with Crippen LogP contribution < -0.4 is 15.0 Å². The first-order valence-electron chi connectivity index (χ1n) is 11.8. The first-order chi connectivity index (χ1) is 16.3. The second kappa shape index (κ2) is 9.26. The van der Waals surface area contributed by atoms with Crippen LogP contribution in [0.25, 0.3) is 11.3 Å². The first-order valence-corrected chi connectivity index (χ1v) is 12.2. The van der Waals surface area contributed by atoms with Crippen molar-refractivity contribution in [2.45, 2.75) is 44.6 Å². The summed E-state index contributed by atoms with van der Waals surface area (Å²) in [5.74, 6) is -2.35. The van der Waals surface area contributed by atoms with Gasteiger partial charge in [0.05, 0.1) is 10.7 Å². The van der Waals surface area contributed by atoms with Gasteiger partial charge in [0.25, 0.3) is 11.8 Å².